The summed E-state index contributed by atoms with van der Waals surface area (Å²) in [5.74, 6) is -0.612. The van der Waals surface area contributed by atoms with Crippen LogP contribution in [-0.4, -0.2) is 34.2 Å². The Bertz CT molecular complexity index is 1020. The molecule has 0 aromatic heterocycles. The van der Waals surface area contributed by atoms with E-state index in [1.54, 1.807) is 0 Å². The minimum Gasteiger partial charge on any atom is -0.481 e. The molecule has 1 unspecified atom stereocenters. The third kappa shape index (κ3) is 3.46. The Morgan fingerprint density at radius 1 is 0.763 bits per heavy atom. The number of hydrogen-bond donors (Lipinski definition) is 2. The molecule has 0 spiro atoms. The van der Waals surface area contributed by atoms with Crippen molar-refractivity contribution in [2.45, 2.75) is 119 Å². The van der Waals surface area contributed by atoms with Gasteiger partial charge in [0.2, 0.25) is 0 Å². The van der Waals surface area contributed by atoms with Gasteiger partial charge in [-0.15, -0.1) is 0 Å². The zero-order chi connectivity index (χ0) is 28.1. The molecule has 0 aliphatic heterocycles. The molecule has 214 valence electrons. The predicted molar refractivity (Wildman–Crippen MR) is 144 cm³/mol. The van der Waals surface area contributed by atoms with Crippen LogP contribution in [0.15, 0.2) is 0 Å². The molecule has 5 fully saturated rings. The van der Waals surface area contributed by atoms with Crippen molar-refractivity contribution >= 4 is 17.9 Å². The monoisotopic (exact) mass is 530 g/mol. The molecular formula is C32H50O6. The van der Waals surface area contributed by atoms with Crippen molar-refractivity contribution in [3.63, 3.8) is 0 Å². The van der Waals surface area contributed by atoms with Gasteiger partial charge in [0.15, 0.2) is 0 Å². The number of carboxylic acids is 2. The van der Waals surface area contributed by atoms with E-state index < -0.39 is 23.3 Å². The van der Waals surface area contributed by atoms with Crippen molar-refractivity contribution < 1.29 is 29.3 Å². The number of esters is 1. The fourth-order valence-electron chi connectivity index (χ4n) is 12.1. The van der Waals surface area contributed by atoms with E-state index in [0.717, 1.165) is 57.8 Å². The number of rotatable bonds is 3. The normalized spacial score (nSPS) is 49.3. The number of aliphatic carboxylic acids is 2. The van der Waals surface area contributed by atoms with Crippen molar-refractivity contribution in [2.75, 3.05) is 0 Å². The smallest absolute Gasteiger partial charge is 0.417 e. The Hall–Kier alpha value is -1.59. The number of hydrogen-bond acceptors (Lipinski definition) is 4. The number of carboxylic acid groups (broad SMARTS) is 2. The summed E-state index contributed by atoms with van der Waals surface area (Å²) in [5, 5.41) is 19.7. The van der Waals surface area contributed by atoms with E-state index in [9.17, 15) is 19.5 Å². The van der Waals surface area contributed by atoms with Gasteiger partial charge in [-0.3, -0.25) is 4.79 Å². The topological polar surface area (TPSA) is 101 Å². The van der Waals surface area contributed by atoms with Gasteiger partial charge in [-0.25, -0.2) is 9.59 Å². The molecule has 5 saturated carbocycles. The van der Waals surface area contributed by atoms with Crippen molar-refractivity contribution in [1.29, 1.82) is 0 Å². The molecule has 10 atom stereocenters. The fourth-order valence-corrected chi connectivity index (χ4v) is 12.1. The van der Waals surface area contributed by atoms with E-state index in [1.807, 2.05) is 0 Å². The summed E-state index contributed by atoms with van der Waals surface area (Å²) in [5.41, 5.74) is -0.503. The van der Waals surface area contributed by atoms with Crippen LogP contribution < -0.4 is 0 Å². The standard InChI is InChI=1S/C32H50O6/c1-18(2)19-10-15-32(27(36)37)17-16-30(6)20(24(19)32)8-9-22-29(5)13-12-23(38-26(35)25(33)34)28(3,4)21(29)11-14-31(22,30)7/h18-24H,8-17H2,1-7H3,(H,33,34)(H,36,37)/t19-,20?,21-,22+,23+,24-,29-,30+,31+,32-/m0/s1. The quantitative estimate of drug-likeness (QED) is 0.307. The highest BCUT2D eigenvalue weighted by molar-refractivity contribution is 6.28. The zero-order valence-electron chi connectivity index (χ0n) is 24.6. The molecule has 6 heteroatoms. The molecule has 0 aromatic rings. The first kappa shape index (κ1) is 28.0. The first-order valence-electron chi connectivity index (χ1n) is 15.2. The SMILES string of the molecule is CC(C)[C@@H]1CC[C@]2(C(=O)O)CC[C@]3(C)C(CC[C@@H]4[C@@]5(C)CC[C@@H](OC(=O)C(=O)O)C(C)(C)[C@@H]5CC[C@]43C)[C@H]12. The van der Waals surface area contributed by atoms with Crippen molar-refractivity contribution in [3.8, 4) is 0 Å². The molecule has 5 aliphatic carbocycles. The van der Waals surface area contributed by atoms with Crippen LogP contribution in [-0.2, 0) is 19.1 Å². The highest BCUT2D eigenvalue weighted by Gasteiger charge is 2.72. The van der Waals surface area contributed by atoms with Gasteiger partial charge in [0, 0.05) is 5.41 Å². The fraction of sp³-hybridized carbons (Fsp3) is 0.906. The van der Waals surface area contributed by atoms with Gasteiger partial charge in [0.05, 0.1) is 5.41 Å². The van der Waals surface area contributed by atoms with Crippen LogP contribution in [0, 0.1) is 62.6 Å². The highest BCUT2D eigenvalue weighted by Crippen LogP contribution is 2.77. The third-order valence-corrected chi connectivity index (χ3v) is 14.1. The second-order valence-corrected chi connectivity index (χ2v) is 15.7. The molecule has 38 heavy (non-hydrogen) atoms. The summed E-state index contributed by atoms with van der Waals surface area (Å²) in [6.45, 7) is 16.5. The molecule has 0 heterocycles. The predicted octanol–water partition coefficient (Wildman–Crippen LogP) is 6.80. The maximum absolute atomic E-state index is 12.9. The van der Waals surface area contributed by atoms with Gasteiger partial charge in [-0.2, -0.15) is 0 Å². The zero-order valence-corrected chi connectivity index (χ0v) is 24.6. The number of carbonyl (C=O) groups is 3. The third-order valence-electron chi connectivity index (χ3n) is 14.1. The van der Waals surface area contributed by atoms with Crippen molar-refractivity contribution in [3.05, 3.63) is 0 Å². The molecule has 0 radical (unpaired) electrons. The second-order valence-electron chi connectivity index (χ2n) is 15.7. The lowest BCUT2D eigenvalue weighted by atomic mass is 9.32. The van der Waals surface area contributed by atoms with Gasteiger partial charge < -0.3 is 14.9 Å². The van der Waals surface area contributed by atoms with E-state index in [-0.39, 0.29) is 33.7 Å². The van der Waals surface area contributed by atoms with E-state index in [2.05, 4.69) is 48.5 Å². The van der Waals surface area contributed by atoms with E-state index >= 15 is 0 Å². The summed E-state index contributed by atoms with van der Waals surface area (Å²) >= 11 is 0. The minimum absolute atomic E-state index is 0.0884. The van der Waals surface area contributed by atoms with Crippen LogP contribution in [0.25, 0.3) is 0 Å². The first-order valence-corrected chi connectivity index (χ1v) is 15.2. The highest BCUT2D eigenvalue weighted by atomic mass is 16.6. The molecule has 5 aliphatic rings. The Morgan fingerprint density at radius 2 is 1.45 bits per heavy atom. The molecule has 6 nitrogen and oxygen atoms in total. The van der Waals surface area contributed by atoms with Gasteiger partial charge in [0.25, 0.3) is 0 Å². The van der Waals surface area contributed by atoms with Gasteiger partial charge >= 0.3 is 17.9 Å². The van der Waals surface area contributed by atoms with Gasteiger partial charge in [0.1, 0.15) is 6.10 Å². The summed E-state index contributed by atoms with van der Waals surface area (Å²) < 4.78 is 5.55. The van der Waals surface area contributed by atoms with Crippen LogP contribution in [0.4, 0.5) is 0 Å². The minimum atomic E-state index is -1.52. The Labute approximate surface area is 228 Å². The average Bonchev–Trinajstić information content (AvgIpc) is 3.22. The van der Waals surface area contributed by atoms with E-state index in [0.29, 0.717) is 36.0 Å². The number of ether oxygens (including phenoxy) is 1. The summed E-state index contributed by atoms with van der Waals surface area (Å²) in [4.78, 5) is 36.1. The van der Waals surface area contributed by atoms with E-state index in [1.165, 1.54) is 0 Å². The number of carbonyl (C=O) groups excluding carboxylic acids is 1. The molecule has 0 bridgehead atoms. The van der Waals surface area contributed by atoms with Crippen LogP contribution in [0.3, 0.4) is 0 Å². The Balaban J connectivity index is 1.49. The average molecular weight is 531 g/mol. The van der Waals surface area contributed by atoms with Gasteiger partial charge in [-0.05, 0) is 116 Å². The van der Waals surface area contributed by atoms with Crippen LogP contribution in [0.2, 0.25) is 0 Å². The number of fused-ring (bicyclic) bond motifs is 7. The summed E-state index contributed by atoms with van der Waals surface area (Å²) in [6, 6.07) is 0. The molecule has 5 rings (SSSR count). The molecule has 0 saturated heterocycles. The van der Waals surface area contributed by atoms with Gasteiger partial charge in [-0.1, -0.05) is 48.5 Å². The van der Waals surface area contributed by atoms with Crippen molar-refractivity contribution in [1.82, 2.24) is 0 Å². The van der Waals surface area contributed by atoms with Crippen LogP contribution in [0.5, 0.6) is 0 Å². The lowest BCUT2D eigenvalue weighted by Gasteiger charge is -2.72. The Kier molecular flexibility index (Phi) is 6.40. The molecule has 2 N–H and O–H groups in total. The van der Waals surface area contributed by atoms with Crippen LogP contribution in [0.1, 0.15) is 113 Å². The Morgan fingerprint density at radius 3 is 2.05 bits per heavy atom. The van der Waals surface area contributed by atoms with Crippen molar-refractivity contribution in [2.24, 2.45) is 62.6 Å². The van der Waals surface area contributed by atoms with Crippen LogP contribution >= 0.6 is 0 Å². The molecular weight excluding hydrogens is 480 g/mol. The lowest BCUT2D eigenvalue weighted by Crippen LogP contribution is -2.67. The maximum Gasteiger partial charge on any atom is 0.417 e. The molecule has 0 aromatic carbocycles. The van der Waals surface area contributed by atoms with E-state index in [4.69, 9.17) is 9.84 Å². The summed E-state index contributed by atoms with van der Waals surface area (Å²) in [6.07, 6.45) is 9.36. The summed E-state index contributed by atoms with van der Waals surface area (Å²) in [7, 11) is 0. The molecule has 0 amide bonds. The second kappa shape index (κ2) is 8.70. The lowest BCUT2D eigenvalue weighted by molar-refractivity contribution is -0.251. The largest absolute Gasteiger partial charge is 0.481 e. The first-order chi connectivity index (χ1) is 17.6. The maximum atomic E-state index is 12.9.